The molecule has 0 saturated carbocycles. The van der Waals surface area contributed by atoms with E-state index in [4.69, 9.17) is 0 Å². The van der Waals surface area contributed by atoms with Crippen LogP contribution < -0.4 is 10.7 Å². The minimum Gasteiger partial charge on any atom is -0.346 e. The molecule has 1 atom stereocenters. The Hall–Kier alpha value is -3.78. The fourth-order valence-corrected chi connectivity index (χ4v) is 5.61. The molecule has 4 aromatic rings. The maximum absolute atomic E-state index is 14.1. The molecule has 1 amide bonds. The molecule has 0 spiro atoms. The highest BCUT2D eigenvalue weighted by atomic mass is 32.2. The number of amides is 1. The number of aromatic nitrogens is 2. The molecule has 0 radical (unpaired) electrons. The van der Waals surface area contributed by atoms with Crippen molar-refractivity contribution in [3.63, 3.8) is 0 Å². The van der Waals surface area contributed by atoms with Crippen LogP contribution >= 0.6 is 11.8 Å². The van der Waals surface area contributed by atoms with E-state index in [-0.39, 0.29) is 29.2 Å². The summed E-state index contributed by atoms with van der Waals surface area (Å²) in [5.41, 5.74) is 2.93. The highest BCUT2D eigenvalue weighted by molar-refractivity contribution is 7.99. The van der Waals surface area contributed by atoms with E-state index in [0.29, 0.717) is 22.6 Å². The van der Waals surface area contributed by atoms with Gasteiger partial charge in [-0.15, -0.1) is 11.8 Å². The first-order chi connectivity index (χ1) is 16.9. The molecule has 3 heterocycles. The Bertz CT molecular complexity index is 1490. The van der Waals surface area contributed by atoms with Gasteiger partial charge in [-0.05, 0) is 48.9 Å². The fraction of sp³-hybridized carbons (Fsp3) is 0.148. The molecule has 5 rings (SSSR count). The van der Waals surface area contributed by atoms with Crippen molar-refractivity contribution >= 4 is 17.7 Å². The Morgan fingerprint density at radius 2 is 1.89 bits per heavy atom. The van der Waals surface area contributed by atoms with Crippen LogP contribution in [0.2, 0.25) is 0 Å². The van der Waals surface area contributed by atoms with Crippen molar-refractivity contribution in [3.8, 4) is 5.69 Å². The summed E-state index contributed by atoms with van der Waals surface area (Å²) in [5, 5.41) is 2.47. The number of aryl methyl sites for hydroxylation is 1. The molecule has 1 aliphatic rings. The lowest BCUT2D eigenvalue weighted by Crippen LogP contribution is -2.32. The molecule has 0 saturated heterocycles. The van der Waals surface area contributed by atoms with Crippen molar-refractivity contribution in [3.05, 3.63) is 123 Å². The Balaban J connectivity index is 1.64. The van der Waals surface area contributed by atoms with Crippen LogP contribution in [0.1, 0.15) is 38.3 Å². The maximum atomic E-state index is 14.1. The number of benzene rings is 2. The molecule has 176 valence electrons. The van der Waals surface area contributed by atoms with Crippen molar-refractivity contribution < 1.29 is 13.6 Å². The van der Waals surface area contributed by atoms with Crippen LogP contribution in [0.15, 0.2) is 82.6 Å². The zero-order valence-electron chi connectivity index (χ0n) is 18.8. The monoisotopic (exact) mass is 489 g/mol. The van der Waals surface area contributed by atoms with E-state index < -0.39 is 17.5 Å². The summed E-state index contributed by atoms with van der Waals surface area (Å²) in [6, 6.07) is 18.3. The van der Waals surface area contributed by atoms with E-state index in [1.54, 1.807) is 24.4 Å². The summed E-state index contributed by atoms with van der Waals surface area (Å²) < 4.78 is 29.7. The van der Waals surface area contributed by atoms with Crippen molar-refractivity contribution in [1.29, 1.82) is 0 Å². The number of para-hydroxylation sites is 1. The van der Waals surface area contributed by atoms with E-state index in [1.165, 1.54) is 23.9 Å². The number of halogens is 2. The number of hydrogen-bond donors (Lipinski definition) is 1. The summed E-state index contributed by atoms with van der Waals surface area (Å²) in [5.74, 6) is -2.36. The van der Waals surface area contributed by atoms with Gasteiger partial charge in [-0.1, -0.05) is 24.3 Å². The number of nitrogens with zero attached hydrogens (tertiary/aromatic N) is 2. The van der Waals surface area contributed by atoms with E-state index in [2.05, 4.69) is 10.3 Å². The molecule has 8 heteroatoms. The third kappa shape index (κ3) is 4.49. The summed E-state index contributed by atoms with van der Waals surface area (Å²) >= 11 is 1.49. The van der Waals surface area contributed by atoms with Crippen LogP contribution in [0.25, 0.3) is 5.69 Å². The third-order valence-corrected chi connectivity index (χ3v) is 7.27. The molecule has 0 unspecified atom stereocenters. The average molecular weight is 490 g/mol. The van der Waals surface area contributed by atoms with Crippen LogP contribution in [0, 0.1) is 18.6 Å². The molecule has 5 nitrogen and oxygen atoms in total. The highest BCUT2D eigenvalue weighted by Gasteiger charge is 2.29. The van der Waals surface area contributed by atoms with Crippen LogP contribution in [0.4, 0.5) is 8.78 Å². The van der Waals surface area contributed by atoms with Crippen LogP contribution in [0.3, 0.4) is 0 Å². The number of fused-ring (bicyclic) bond motifs is 3. The third-order valence-electron chi connectivity index (χ3n) is 5.95. The van der Waals surface area contributed by atoms with Crippen LogP contribution in [-0.4, -0.2) is 15.5 Å². The minimum absolute atomic E-state index is 0.0383. The molecule has 2 aromatic carbocycles. The zero-order valence-corrected chi connectivity index (χ0v) is 19.6. The first-order valence-electron chi connectivity index (χ1n) is 11.1. The summed E-state index contributed by atoms with van der Waals surface area (Å²) in [6.45, 7) is 1.99. The molecule has 35 heavy (non-hydrogen) atoms. The van der Waals surface area contributed by atoms with Gasteiger partial charge in [-0.3, -0.25) is 14.6 Å². The molecule has 2 aromatic heterocycles. The van der Waals surface area contributed by atoms with Crippen molar-refractivity contribution in [2.45, 2.75) is 30.0 Å². The zero-order chi connectivity index (χ0) is 24.5. The summed E-state index contributed by atoms with van der Waals surface area (Å²) in [6.07, 6.45) is 1.91. The molecule has 0 bridgehead atoms. The number of carbonyl (C=O) groups excluding carboxylic acids is 1. The van der Waals surface area contributed by atoms with Crippen LogP contribution in [-0.2, 0) is 13.0 Å². The van der Waals surface area contributed by atoms with E-state index >= 15 is 0 Å². The van der Waals surface area contributed by atoms with Gasteiger partial charge in [-0.2, -0.15) is 0 Å². The maximum Gasteiger partial charge on any atom is 0.257 e. The second-order valence-corrected chi connectivity index (χ2v) is 9.51. The number of thioether (sulfide) groups is 1. The van der Waals surface area contributed by atoms with Gasteiger partial charge >= 0.3 is 0 Å². The largest absolute Gasteiger partial charge is 0.346 e. The van der Waals surface area contributed by atoms with Gasteiger partial charge in [0, 0.05) is 40.2 Å². The molecular weight excluding hydrogens is 468 g/mol. The van der Waals surface area contributed by atoms with E-state index in [0.717, 1.165) is 16.6 Å². The number of pyridine rings is 2. The summed E-state index contributed by atoms with van der Waals surface area (Å²) in [4.78, 5) is 31.6. The second kappa shape index (κ2) is 9.46. The Morgan fingerprint density at radius 1 is 1.09 bits per heavy atom. The summed E-state index contributed by atoms with van der Waals surface area (Å²) in [7, 11) is 0. The lowest BCUT2D eigenvalue weighted by molar-refractivity contribution is 0.0947. The normalized spacial score (nSPS) is 14.5. The Labute approximate surface area is 204 Å². The van der Waals surface area contributed by atoms with Crippen LogP contribution in [0.5, 0.6) is 0 Å². The van der Waals surface area contributed by atoms with Gasteiger partial charge in [0.25, 0.3) is 5.91 Å². The van der Waals surface area contributed by atoms with Gasteiger partial charge < -0.3 is 9.88 Å². The quantitative estimate of drug-likeness (QED) is 0.431. The van der Waals surface area contributed by atoms with Crippen molar-refractivity contribution in [2.75, 3.05) is 0 Å². The smallest absolute Gasteiger partial charge is 0.257 e. The Kier molecular flexibility index (Phi) is 6.21. The second-order valence-electron chi connectivity index (χ2n) is 8.26. The highest BCUT2D eigenvalue weighted by Crippen LogP contribution is 2.44. The Morgan fingerprint density at radius 3 is 2.66 bits per heavy atom. The predicted octanol–water partition coefficient (Wildman–Crippen LogP) is 5.14. The van der Waals surface area contributed by atoms with Gasteiger partial charge in [0.1, 0.15) is 5.56 Å². The van der Waals surface area contributed by atoms with Crippen molar-refractivity contribution in [2.24, 2.45) is 0 Å². The SMILES string of the molecule is Cc1cc(=O)c(C(=O)NCc2ccccn2)c2n1-c1ccccc1S[C@H](c1ccc(F)c(F)c1)C2. The van der Waals surface area contributed by atoms with E-state index in [1.807, 2.05) is 41.8 Å². The molecule has 1 aliphatic heterocycles. The number of rotatable bonds is 4. The fourth-order valence-electron chi connectivity index (χ4n) is 4.34. The number of nitrogens with one attached hydrogen (secondary N) is 1. The lowest BCUT2D eigenvalue weighted by Gasteiger charge is -2.20. The first kappa shape index (κ1) is 23.0. The molecule has 0 aliphatic carbocycles. The standard InChI is InChI=1S/C27H21F2N3O2S/c1-16-12-23(33)26(27(34)31-15-18-6-4-5-11-30-18)22-14-25(17-9-10-19(28)20(29)13-17)35-24-8-3-2-7-21(24)32(16)22/h2-13,25H,14-15H2,1H3,(H,31,34)/t25-/m0/s1. The van der Waals surface area contributed by atoms with Gasteiger partial charge in [0.05, 0.1) is 17.9 Å². The lowest BCUT2D eigenvalue weighted by atomic mass is 10.0. The first-order valence-corrected chi connectivity index (χ1v) is 11.9. The minimum atomic E-state index is -0.935. The predicted molar refractivity (Wildman–Crippen MR) is 131 cm³/mol. The molecule has 0 fully saturated rings. The molecule has 1 N–H and O–H groups in total. The van der Waals surface area contributed by atoms with Gasteiger partial charge in [-0.25, -0.2) is 8.78 Å². The molecular formula is C27H21F2N3O2S. The number of hydrogen-bond acceptors (Lipinski definition) is 4. The van der Waals surface area contributed by atoms with Crippen molar-refractivity contribution in [1.82, 2.24) is 14.9 Å². The van der Waals surface area contributed by atoms with E-state index in [9.17, 15) is 18.4 Å². The van der Waals surface area contributed by atoms with Gasteiger partial charge in [0.2, 0.25) is 0 Å². The topological polar surface area (TPSA) is 64.0 Å². The van der Waals surface area contributed by atoms with Gasteiger partial charge in [0.15, 0.2) is 17.1 Å². The average Bonchev–Trinajstić information content (AvgIpc) is 3.02. The number of carbonyl (C=O) groups is 1.